The van der Waals surface area contributed by atoms with Gasteiger partial charge in [-0.3, -0.25) is 4.79 Å². The second-order valence-corrected chi connectivity index (χ2v) is 8.83. The van der Waals surface area contributed by atoms with Gasteiger partial charge in [-0.2, -0.15) is 5.10 Å². The summed E-state index contributed by atoms with van der Waals surface area (Å²) in [5.41, 5.74) is 4.13. The van der Waals surface area contributed by atoms with E-state index in [1.165, 1.54) is 12.3 Å². The molecule has 0 aliphatic carbocycles. The van der Waals surface area contributed by atoms with Gasteiger partial charge in [-0.15, -0.1) is 0 Å². The van der Waals surface area contributed by atoms with Gasteiger partial charge in [0.25, 0.3) is 0 Å². The van der Waals surface area contributed by atoms with Crippen LogP contribution in [0.4, 0.5) is 4.39 Å². The van der Waals surface area contributed by atoms with Crippen molar-refractivity contribution in [1.82, 2.24) is 5.43 Å². The number of rotatable bonds is 6. The van der Waals surface area contributed by atoms with Crippen molar-refractivity contribution in [3.05, 3.63) is 97.3 Å². The van der Waals surface area contributed by atoms with Crippen molar-refractivity contribution >= 4 is 66.6 Å². The van der Waals surface area contributed by atoms with Crippen LogP contribution >= 0.6 is 43.5 Å². The van der Waals surface area contributed by atoms with E-state index in [0.717, 1.165) is 5.39 Å². The fourth-order valence-corrected chi connectivity index (χ4v) is 4.54. The third-order valence-corrected chi connectivity index (χ3v) is 5.85. The lowest BCUT2D eigenvalue weighted by molar-refractivity contribution is 0.0929. The fourth-order valence-electron chi connectivity index (χ4n) is 2.90. The number of hydrogen-bond donors (Lipinski definition) is 1. The first kappa shape index (κ1) is 22.5. The maximum atomic E-state index is 13.8. The highest BCUT2D eigenvalue weighted by atomic mass is 79.9. The minimum absolute atomic E-state index is 0.0794. The summed E-state index contributed by atoms with van der Waals surface area (Å²) in [6.07, 6.45) is 1.48. The number of hydrogen-bond acceptors (Lipinski definition) is 4. The van der Waals surface area contributed by atoms with Crippen molar-refractivity contribution < 1.29 is 18.3 Å². The van der Waals surface area contributed by atoms with E-state index < -0.39 is 5.91 Å². The van der Waals surface area contributed by atoms with Crippen molar-refractivity contribution in [3.8, 4) is 5.75 Å². The Bertz CT molecular complexity index is 1320. The zero-order valence-corrected chi connectivity index (χ0v) is 20.2. The topological polar surface area (TPSA) is 63.8 Å². The molecule has 5 nitrogen and oxygen atoms in total. The van der Waals surface area contributed by atoms with Gasteiger partial charge in [0.2, 0.25) is 0 Å². The molecular weight excluding hydrogens is 567 g/mol. The number of halogens is 4. The van der Waals surface area contributed by atoms with Crippen molar-refractivity contribution in [3.63, 3.8) is 0 Å². The van der Waals surface area contributed by atoms with E-state index in [1.54, 1.807) is 54.6 Å². The summed E-state index contributed by atoms with van der Waals surface area (Å²) in [6, 6.07) is 16.7. The number of furan rings is 1. The predicted molar refractivity (Wildman–Crippen MR) is 129 cm³/mol. The SMILES string of the molecule is O=C(N/N=C/c1cc(Br)c(OCc2ccccc2F)c(Br)c1)c1cc2cc(Cl)ccc2o1. The second kappa shape index (κ2) is 9.85. The van der Waals surface area contributed by atoms with Gasteiger partial charge in [0.15, 0.2) is 5.76 Å². The second-order valence-electron chi connectivity index (χ2n) is 6.69. The van der Waals surface area contributed by atoms with E-state index in [-0.39, 0.29) is 18.2 Å². The Kier molecular flexibility index (Phi) is 6.93. The van der Waals surface area contributed by atoms with Gasteiger partial charge < -0.3 is 9.15 Å². The summed E-state index contributed by atoms with van der Waals surface area (Å²) in [6.45, 7) is 0.0794. The zero-order chi connectivity index (χ0) is 22.7. The van der Waals surface area contributed by atoms with Gasteiger partial charge in [-0.05, 0) is 79.9 Å². The van der Waals surface area contributed by atoms with Gasteiger partial charge in [0, 0.05) is 16.0 Å². The molecule has 0 saturated heterocycles. The fraction of sp³-hybridized carbons (Fsp3) is 0.0435. The van der Waals surface area contributed by atoms with Crippen LogP contribution in [0.25, 0.3) is 11.0 Å². The number of amides is 1. The average molecular weight is 581 g/mol. The molecule has 1 aromatic heterocycles. The summed E-state index contributed by atoms with van der Waals surface area (Å²) in [7, 11) is 0. The number of nitrogens with one attached hydrogen (secondary N) is 1. The Morgan fingerprint density at radius 2 is 1.88 bits per heavy atom. The van der Waals surface area contributed by atoms with Crippen LogP contribution in [0.15, 0.2) is 79.1 Å². The molecule has 0 fully saturated rings. The monoisotopic (exact) mass is 578 g/mol. The lowest BCUT2D eigenvalue weighted by Crippen LogP contribution is -2.16. The van der Waals surface area contributed by atoms with Crippen molar-refractivity contribution in [2.45, 2.75) is 6.61 Å². The van der Waals surface area contributed by atoms with Gasteiger partial charge >= 0.3 is 5.91 Å². The van der Waals surface area contributed by atoms with E-state index in [0.29, 0.717) is 36.4 Å². The molecule has 162 valence electrons. The average Bonchev–Trinajstić information content (AvgIpc) is 3.17. The molecular formula is C23H14Br2ClFN2O3. The number of hydrazone groups is 1. The van der Waals surface area contributed by atoms with Crippen LogP contribution < -0.4 is 10.2 Å². The number of ether oxygens (including phenoxy) is 1. The largest absolute Gasteiger partial charge is 0.486 e. The van der Waals surface area contributed by atoms with Crippen LogP contribution in [-0.4, -0.2) is 12.1 Å². The first-order valence-corrected chi connectivity index (χ1v) is 11.2. The molecule has 0 unspecified atom stereocenters. The van der Waals surface area contributed by atoms with Gasteiger partial charge in [0.05, 0.1) is 15.2 Å². The Morgan fingerprint density at radius 1 is 1.12 bits per heavy atom. The summed E-state index contributed by atoms with van der Waals surface area (Å²) in [5.74, 6) is -0.169. The zero-order valence-electron chi connectivity index (χ0n) is 16.2. The third-order valence-electron chi connectivity index (χ3n) is 4.43. The van der Waals surface area contributed by atoms with Gasteiger partial charge in [-0.25, -0.2) is 9.82 Å². The first-order valence-electron chi connectivity index (χ1n) is 9.28. The van der Waals surface area contributed by atoms with Crippen LogP contribution in [0, 0.1) is 5.82 Å². The van der Waals surface area contributed by atoms with E-state index in [9.17, 15) is 9.18 Å². The lowest BCUT2D eigenvalue weighted by Gasteiger charge is -2.11. The molecule has 4 aromatic rings. The van der Waals surface area contributed by atoms with Crippen LogP contribution in [0.3, 0.4) is 0 Å². The van der Waals surface area contributed by atoms with Gasteiger partial charge in [-0.1, -0.05) is 29.8 Å². The predicted octanol–water partition coefficient (Wildman–Crippen LogP) is 7.09. The van der Waals surface area contributed by atoms with Crippen LogP contribution in [-0.2, 0) is 6.61 Å². The van der Waals surface area contributed by atoms with Crippen LogP contribution in [0.1, 0.15) is 21.7 Å². The molecule has 4 rings (SSSR count). The summed E-state index contributed by atoms with van der Waals surface area (Å²) in [5, 5.41) is 5.26. The minimum atomic E-state index is -0.489. The molecule has 1 N–H and O–H groups in total. The van der Waals surface area contributed by atoms with Gasteiger partial charge in [0.1, 0.15) is 23.8 Å². The molecule has 0 atom stereocenters. The van der Waals surface area contributed by atoms with Crippen LogP contribution in [0.2, 0.25) is 5.02 Å². The molecule has 3 aromatic carbocycles. The summed E-state index contributed by atoms with van der Waals surface area (Å²) < 4.78 is 26.4. The molecule has 0 aliphatic heterocycles. The Balaban J connectivity index is 1.42. The van der Waals surface area contributed by atoms with E-state index in [4.69, 9.17) is 20.8 Å². The highest BCUT2D eigenvalue weighted by Crippen LogP contribution is 2.35. The maximum Gasteiger partial charge on any atom is 0.307 e. The number of nitrogens with zero attached hydrogens (tertiary/aromatic N) is 1. The maximum absolute atomic E-state index is 13.8. The quantitative estimate of drug-likeness (QED) is 0.196. The number of carbonyl (C=O) groups excluding carboxylic acids is 1. The van der Waals surface area contributed by atoms with Crippen LogP contribution in [0.5, 0.6) is 5.75 Å². The smallest absolute Gasteiger partial charge is 0.307 e. The number of fused-ring (bicyclic) bond motifs is 1. The number of carbonyl (C=O) groups is 1. The Morgan fingerprint density at radius 3 is 2.62 bits per heavy atom. The minimum Gasteiger partial charge on any atom is -0.486 e. The van der Waals surface area contributed by atoms with E-state index >= 15 is 0 Å². The molecule has 0 bridgehead atoms. The molecule has 32 heavy (non-hydrogen) atoms. The molecule has 0 aliphatic rings. The third kappa shape index (κ3) is 5.20. The molecule has 0 saturated carbocycles. The van der Waals surface area contributed by atoms with Crippen molar-refractivity contribution in [2.75, 3.05) is 0 Å². The van der Waals surface area contributed by atoms with E-state index in [2.05, 4.69) is 42.4 Å². The lowest BCUT2D eigenvalue weighted by atomic mass is 10.2. The first-order chi connectivity index (χ1) is 15.4. The summed E-state index contributed by atoms with van der Waals surface area (Å²) in [4.78, 5) is 12.3. The molecule has 9 heteroatoms. The van der Waals surface area contributed by atoms with E-state index in [1.807, 2.05) is 0 Å². The highest BCUT2D eigenvalue weighted by Gasteiger charge is 2.13. The Hall–Kier alpha value is -2.68. The molecule has 0 radical (unpaired) electrons. The van der Waals surface area contributed by atoms with Crippen molar-refractivity contribution in [2.24, 2.45) is 5.10 Å². The molecule has 0 spiro atoms. The molecule has 1 amide bonds. The highest BCUT2D eigenvalue weighted by molar-refractivity contribution is 9.11. The standard InChI is InChI=1S/C23H14Br2ClFN2O3/c24-17-7-13(8-18(25)22(17)31-12-14-3-1-2-4-19(14)27)11-28-29-23(30)21-10-15-9-16(26)5-6-20(15)32-21/h1-11H,12H2,(H,29,30)/b28-11+. The van der Waals surface area contributed by atoms with Crippen molar-refractivity contribution in [1.29, 1.82) is 0 Å². The summed E-state index contributed by atoms with van der Waals surface area (Å²) >= 11 is 12.9. The molecule has 1 heterocycles. The number of benzene rings is 3. The Labute approximate surface area is 204 Å². The normalized spacial score (nSPS) is 11.2.